The average Bonchev–Trinajstić information content (AvgIpc) is 2.85. The molecule has 0 bridgehead atoms. The highest BCUT2D eigenvalue weighted by Gasteiger charge is 2.09. The van der Waals surface area contributed by atoms with Gasteiger partial charge in [-0.1, -0.05) is 0 Å². The number of hydrogen-bond acceptors (Lipinski definition) is 2. The Kier molecular flexibility index (Phi) is 3.98. The molecule has 0 aliphatic heterocycles. The quantitative estimate of drug-likeness (QED) is 0.915. The summed E-state index contributed by atoms with van der Waals surface area (Å²) in [4.78, 5) is 0. The Hall–Kier alpha value is -2.12. The third-order valence-electron chi connectivity index (χ3n) is 3.18. The van der Waals surface area contributed by atoms with E-state index in [1.54, 1.807) is 6.07 Å². The minimum absolute atomic E-state index is 0.221. The van der Waals surface area contributed by atoms with Gasteiger partial charge in [0.15, 0.2) is 0 Å². The van der Waals surface area contributed by atoms with Crippen LogP contribution in [0.2, 0.25) is 0 Å². The number of nitrogens with zero attached hydrogens (tertiary/aromatic N) is 2. The summed E-state index contributed by atoms with van der Waals surface area (Å²) >= 11 is 0. The van der Waals surface area contributed by atoms with Crippen molar-refractivity contribution in [1.29, 1.82) is 5.26 Å². The van der Waals surface area contributed by atoms with Crippen molar-refractivity contribution in [3.05, 3.63) is 59.2 Å². The summed E-state index contributed by atoms with van der Waals surface area (Å²) in [6.45, 7) is 2.62. The van der Waals surface area contributed by atoms with Gasteiger partial charge in [-0.2, -0.15) is 5.26 Å². The molecule has 4 heteroatoms. The van der Waals surface area contributed by atoms with Crippen LogP contribution >= 0.6 is 0 Å². The lowest BCUT2D eigenvalue weighted by Gasteiger charge is -2.15. The van der Waals surface area contributed by atoms with Crippen molar-refractivity contribution in [2.75, 3.05) is 7.05 Å². The highest BCUT2D eigenvalue weighted by atomic mass is 19.1. The SMILES string of the molecule is CNC(C)c1cccn1Cc1cc(F)cc(C#N)c1. The first-order valence-electron chi connectivity index (χ1n) is 6.16. The second kappa shape index (κ2) is 5.68. The first kappa shape index (κ1) is 13.3. The summed E-state index contributed by atoms with van der Waals surface area (Å²) < 4.78 is 15.4. The summed E-state index contributed by atoms with van der Waals surface area (Å²) in [5.41, 5.74) is 2.27. The summed E-state index contributed by atoms with van der Waals surface area (Å²) in [6, 6.07) is 10.6. The van der Waals surface area contributed by atoms with Gasteiger partial charge in [0.05, 0.1) is 11.6 Å². The van der Waals surface area contributed by atoms with Crippen molar-refractivity contribution < 1.29 is 4.39 Å². The fraction of sp³-hybridized carbons (Fsp3) is 0.267. The lowest BCUT2D eigenvalue weighted by molar-refractivity contribution is 0.586. The van der Waals surface area contributed by atoms with Crippen molar-refractivity contribution >= 4 is 0 Å². The number of hydrogen-bond donors (Lipinski definition) is 1. The molecule has 19 heavy (non-hydrogen) atoms. The average molecular weight is 257 g/mol. The summed E-state index contributed by atoms with van der Waals surface area (Å²) in [5.74, 6) is -0.371. The van der Waals surface area contributed by atoms with E-state index in [1.807, 2.05) is 31.4 Å². The molecule has 1 atom stereocenters. The molecular weight excluding hydrogens is 241 g/mol. The van der Waals surface area contributed by atoms with Crippen LogP contribution < -0.4 is 5.32 Å². The molecule has 0 saturated heterocycles. The molecule has 1 heterocycles. The van der Waals surface area contributed by atoms with Crippen molar-refractivity contribution in [3.8, 4) is 6.07 Å². The minimum Gasteiger partial charge on any atom is -0.346 e. The number of benzene rings is 1. The predicted molar refractivity (Wildman–Crippen MR) is 72.1 cm³/mol. The lowest BCUT2D eigenvalue weighted by Crippen LogP contribution is -2.17. The second-order valence-corrected chi connectivity index (χ2v) is 4.53. The molecule has 2 rings (SSSR count). The molecule has 1 N–H and O–H groups in total. The third kappa shape index (κ3) is 3.01. The van der Waals surface area contributed by atoms with E-state index < -0.39 is 0 Å². The van der Waals surface area contributed by atoms with E-state index in [-0.39, 0.29) is 11.9 Å². The van der Waals surface area contributed by atoms with Crippen molar-refractivity contribution in [2.24, 2.45) is 0 Å². The van der Waals surface area contributed by atoms with Crippen molar-refractivity contribution in [3.63, 3.8) is 0 Å². The topological polar surface area (TPSA) is 40.8 Å². The maximum absolute atomic E-state index is 13.4. The van der Waals surface area contributed by atoms with Crippen LogP contribution in [0, 0.1) is 17.1 Å². The van der Waals surface area contributed by atoms with Gasteiger partial charge in [0.1, 0.15) is 5.82 Å². The van der Waals surface area contributed by atoms with Gasteiger partial charge in [0, 0.05) is 24.5 Å². The summed E-state index contributed by atoms with van der Waals surface area (Å²) in [5, 5.41) is 12.0. The van der Waals surface area contributed by atoms with Gasteiger partial charge in [0.2, 0.25) is 0 Å². The van der Waals surface area contributed by atoms with Crippen LogP contribution in [0.25, 0.3) is 0 Å². The Labute approximate surface area is 112 Å². The van der Waals surface area contributed by atoms with E-state index in [1.165, 1.54) is 12.1 Å². The molecule has 0 radical (unpaired) electrons. The van der Waals surface area contributed by atoms with Gasteiger partial charge in [0.25, 0.3) is 0 Å². The van der Waals surface area contributed by atoms with Crippen molar-refractivity contribution in [2.45, 2.75) is 19.5 Å². The van der Waals surface area contributed by atoms with E-state index >= 15 is 0 Å². The smallest absolute Gasteiger partial charge is 0.124 e. The Balaban J connectivity index is 2.29. The highest BCUT2D eigenvalue weighted by Crippen LogP contribution is 2.16. The summed E-state index contributed by atoms with van der Waals surface area (Å²) in [7, 11) is 1.90. The third-order valence-corrected chi connectivity index (χ3v) is 3.18. The van der Waals surface area contributed by atoms with Crippen LogP contribution in [0.15, 0.2) is 36.5 Å². The molecule has 1 unspecified atom stereocenters. The van der Waals surface area contributed by atoms with Crippen LogP contribution in [-0.4, -0.2) is 11.6 Å². The molecule has 1 aromatic carbocycles. The zero-order valence-electron chi connectivity index (χ0n) is 11.0. The molecule has 0 amide bonds. The van der Waals surface area contributed by atoms with Gasteiger partial charge < -0.3 is 9.88 Å². The fourth-order valence-electron chi connectivity index (χ4n) is 2.12. The van der Waals surface area contributed by atoms with Gasteiger partial charge in [-0.05, 0) is 49.9 Å². The van der Waals surface area contributed by atoms with Crippen LogP contribution in [0.3, 0.4) is 0 Å². The lowest BCUT2D eigenvalue weighted by atomic mass is 10.1. The van der Waals surface area contributed by atoms with Gasteiger partial charge >= 0.3 is 0 Å². The molecule has 0 spiro atoms. The monoisotopic (exact) mass is 257 g/mol. The maximum Gasteiger partial charge on any atom is 0.124 e. The van der Waals surface area contributed by atoms with Gasteiger partial charge in [-0.3, -0.25) is 0 Å². The Bertz CT molecular complexity index is 610. The number of halogens is 1. The Morgan fingerprint density at radius 1 is 1.42 bits per heavy atom. The Morgan fingerprint density at radius 2 is 2.21 bits per heavy atom. The van der Waals surface area contributed by atoms with Crippen LogP contribution in [-0.2, 0) is 6.54 Å². The van der Waals surface area contributed by atoms with E-state index in [2.05, 4.69) is 16.8 Å². The largest absolute Gasteiger partial charge is 0.346 e. The first-order chi connectivity index (χ1) is 9.13. The summed E-state index contributed by atoms with van der Waals surface area (Å²) in [6.07, 6.45) is 1.96. The number of nitriles is 1. The van der Waals surface area contributed by atoms with E-state index in [4.69, 9.17) is 5.26 Å². The molecule has 0 aliphatic rings. The zero-order valence-corrected chi connectivity index (χ0v) is 11.0. The molecule has 0 saturated carbocycles. The molecule has 2 aromatic rings. The highest BCUT2D eigenvalue weighted by molar-refractivity contribution is 5.34. The predicted octanol–water partition coefficient (Wildman–Crippen LogP) is 2.83. The normalized spacial score (nSPS) is 12.1. The maximum atomic E-state index is 13.4. The number of rotatable bonds is 4. The molecule has 3 nitrogen and oxygen atoms in total. The van der Waals surface area contributed by atoms with Crippen LogP contribution in [0.4, 0.5) is 4.39 Å². The molecule has 0 fully saturated rings. The fourth-order valence-corrected chi connectivity index (χ4v) is 2.12. The van der Waals surface area contributed by atoms with Gasteiger partial charge in [-0.25, -0.2) is 4.39 Å². The molecule has 1 aromatic heterocycles. The van der Waals surface area contributed by atoms with Gasteiger partial charge in [-0.15, -0.1) is 0 Å². The second-order valence-electron chi connectivity index (χ2n) is 4.53. The molecule has 0 aliphatic carbocycles. The van der Waals surface area contributed by atoms with E-state index in [0.29, 0.717) is 12.1 Å². The minimum atomic E-state index is -0.371. The zero-order chi connectivity index (χ0) is 13.8. The Morgan fingerprint density at radius 3 is 2.89 bits per heavy atom. The standard InChI is InChI=1S/C15H16FN3/c1-11(18-2)15-4-3-5-19(15)10-13-6-12(9-17)7-14(16)8-13/h3-8,11,18H,10H2,1-2H3. The van der Waals surface area contributed by atoms with Crippen LogP contribution in [0.1, 0.15) is 29.8 Å². The molecular formula is C15H16FN3. The van der Waals surface area contributed by atoms with Crippen molar-refractivity contribution in [1.82, 2.24) is 9.88 Å². The van der Waals surface area contributed by atoms with E-state index in [0.717, 1.165) is 11.3 Å². The number of nitrogens with one attached hydrogen (secondary N) is 1. The first-order valence-corrected chi connectivity index (χ1v) is 6.16. The molecule has 98 valence electrons. The number of aromatic nitrogens is 1. The van der Waals surface area contributed by atoms with Crippen LogP contribution in [0.5, 0.6) is 0 Å². The van der Waals surface area contributed by atoms with E-state index in [9.17, 15) is 4.39 Å².